The molecular weight excluding hydrogens is 268 g/mol. The van der Waals surface area contributed by atoms with Gasteiger partial charge in [-0.3, -0.25) is 9.59 Å². The standard InChI is InChI=1S/C16H22N2O3/c1-17-9-8-12-5-2-3-7-14(12)15(19)18-10-4-6-13(11-18)16(20)21/h2-3,5,7,13,17H,4,6,8-11H2,1H3,(H,20,21)/t13-/m1/s1. The first-order valence-electron chi connectivity index (χ1n) is 7.38. The lowest BCUT2D eigenvalue weighted by Crippen LogP contribution is -2.42. The van der Waals surface area contributed by atoms with Gasteiger partial charge in [0, 0.05) is 18.7 Å². The molecule has 0 aromatic heterocycles. The second-order valence-corrected chi connectivity index (χ2v) is 5.44. The topological polar surface area (TPSA) is 69.6 Å². The van der Waals surface area contributed by atoms with Gasteiger partial charge in [0.1, 0.15) is 0 Å². The van der Waals surface area contributed by atoms with E-state index in [1.807, 2.05) is 31.3 Å². The van der Waals surface area contributed by atoms with Crippen LogP contribution >= 0.6 is 0 Å². The lowest BCUT2D eigenvalue weighted by atomic mass is 9.96. The molecule has 1 atom stereocenters. The maximum absolute atomic E-state index is 12.7. The summed E-state index contributed by atoms with van der Waals surface area (Å²) >= 11 is 0. The highest BCUT2D eigenvalue weighted by molar-refractivity contribution is 5.96. The summed E-state index contributed by atoms with van der Waals surface area (Å²) in [7, 11) is 1.88. The summed E-state index contributed by atoms with van der Waals surface area (Å²) in [5.41, 5.74) is 1.70. The van der Waals surface area contributed by atoms with Crippen molar-refractivity contribution in [2.24, 2.45) is 5.92 Å². The zero-order valence-corrected chi connectivity index (χ0v) is 12.3. The number of carbonyl (C=O) groups is 2. The van der Waals surface area contributed by atoms with Crippen molar-refractivity contribution in [3.05, 3.63) is 35.4 Å². The van der Waals surface area contributed by atoms with Gasteiger partial charge in [-0.15, -0.1) is 0 Å². The minimum Gasteiger partial charge on any atom is -0.481 e. The minimum absolute atomic E-state index is 0.0485. The number of hydrogen-bond donors (Lipinski definition) is 2. The molecule has 1 aromatic rings. The fourth-order valence-electron chi connectivity index (χ4n) is 2.74. The quantitative estimate of drug-likeness (QED) is 0.859. The van der Waals surface area contributed by atoms with E-state index in [0.29, 0.717) is 25.1 Å². The Balaban J connectivity index is 2.14. The van der Waals surface area contributed by atoms with Crippen molar-refractivity contribution in [3.8, 4) is 0 Å². The summed E-state index contributed by atoms with van der Waals surface area (Å²) in [6.45, 7) is 1.76. The van der Waals surface area contributed by atoms with Crippen molar-refractivity contribution < 1.29 is 14.7 Å². The predicted molar refractivity (Wildman–Crippen MR) is 80.3 cm³/mol. The van der Waals surface area contributed by atoms with E-state index in [2.05, 4.69) is 5.32 Å². The third-order valence-electron chi connectivity index (χ3n) is 3.95. The second kappa shape index (κ2) is 7.22. The van der Waals surface area contributed by atoms with Gasteiger partial charge >= 0.3 is 5.97 Å². The normalized spacial score (nSPS) is 18.5. The van der Waals surface area contributed by atoms with Crippen molar-refractivity contribution in [2.45, 2.75) is 19.3 Å². The number of carboxylic acid groups (broad SMARTS) is 1. The molecule has 1 aromatic carbocycles. The number of benzene rings is 1. The monoisotopic (exact) mass is 290 g/mol. The molecule has 1 heterocycles. The van der Waals surface area contributed by atoms with Gasteiger partial charge in [0.25, 0.3) is 5.91 Å². The summed E-state index contributed by atoms with van der Waals surface area (Å²) in [4.78, 5) is 25.5. The fourth-order valence-corrected chi connectivity index (χ4v) is 2.74. The van der Waals surface area contributed by atoms with Gasteiger partial charge in [-0.25, -0.2) is 0 Å². The number of carboxylic acids is 1. The summed E-state index contributed by atoms with van der Waals surface area (Å²) in [5.74, 6) is -1.30. The van der Waals surface area contributed by atoms with Crippen LogP contribution in [0.2, 0.25) is 0 Å². The van der Waals surface area contributed by atoms with Gasteiger partial charge in [-0.05, 0) is 44.5 Å². The number of rotatable bonds is 5. The number of amides is 1. The lowest BCUT2D eigenvalue weighted by Gasteiger charge is -2.31. The van der Waals surface area contributed by atoms with Gasteiger partial charge in [-0.1, -0.05) is 18.2 Å². The molecule has 0 bridgehead atoms. The van der Waals surface area contributed by atoms with Gasteiger partial charge in [-0.2, -0.15) is 0 Å². The molecule has 1 aliphatic heterocycles. The Hall–Kier alpha value is -1.88. The van der Waals surface area contributed by atoms with Crippen LogP contribution in [0.3, 0.4) is 0 Å². The number of nitrogens with zero attached hydrogens (tertiary/aromatic N) is 1. The Morgan fingerprint density at radius 2 is 2.14 bits per heavy atom. The molecule has 2 N–H and O–H groups in total. The molecule has 1 fully saturated rings. The minimum atomic E-state index is -0.809. The van der Waals surface area contributed by atoms with Crippen molar-refractivity contribution in [3.63, 3.8) is 0 Å². The summed E-state index contributed by atoms with van der Waals surface area (Å²) in [5, 5.41) is 12.2. The summed E-state index contributed by atoms with van der Waals surface area (Å²) in [6.07, 6.45) is 2.19. The van der Waals surface area contributed by atoms with Crippen molar-refractivity contribution in [1.82, 2.24) is 10.2 Å². The molecule has 0 radical (unpaired) electrons. The maximum Gasteiger partial charge on any atom is 0.308 e. The molecule has 0 unspecified atom stereocenters. The fraction of sp³-hybridized carbons (Fsp3) is 0.500. The van der Waals surface area contributed by atoms with E-state index in [-0.39, 0.29) is 5.91 Å². The van der Waals surface area contributed by atoms with Crippen molar-refractivity contribution in [1.29, 1.82) is 0 Å². The first-order chi connectivity index (χ1) is 10.1. The van der Waals surface area contributed by atoms with Gasteiger partial charge in [0.15, 0.2) is 0 Å². The van der Waals surface area contributed by atoms with Crippen LogP contribution in [0.4, 0.5) is 0 Å². The Morgan fingerprint density at radius 3 is 2.86 bits per heavy atom. The first-order valence-corrected chi connectivity index (χ1v) is 7.38. The molecule has 0 spiro atoms. The van der Waals surface area contributed by atoms with Crippen LogP contribution in [-0.4, -0.2) is 48.6 Å². The molecule has 5 nitrogen and oxygen atoms in total. The highest BCUT2D eigenvalue weighted by atomic mass is 16.4. The van der Waals surface area contributed by atoms with Gasteiger partial charge in [0.2, 0.25) is 0 Å². The zero-order chi connectivity index (χ0) is 15.2. The number of carbonyl (C=O) groups excluding carboxylic acids is 1. The van der Waals surface area contributed by atoms with Crippen molar-refractivity contribution >= 4 is 11.9 Å². The second-order valence-electron chi connectivity index (χ2n) is 5.44. The van der Waals surface area contributed by atoms with Crippen LogP contribution in [0.5, 0.6) is 0 Å². The Labute approximate surface area is 125 Å². The zero-order valence-electron chi connectivity index (χ0n) is 12.3. The molecule has 1 amide bonds. The summed E-state index contributed by atoms with van der Waals surface area (Å²) in [6, 6.07) is 7.58. The number of hydrogen-bond acceptors (Lipinski definition) is 3. The highest BCUT2D eigenvalue weighted by Gasteiger charge is 2.29. The van der Waals surface area contributed by atoms with E-state index in [1.165, 1.54) is 0 Å². The van der Waals surface area contributed by atoms with Gasteiger partial charge in [0.05, 0.1) is 5.92 Å². The molecule has 0 saturated carbocycles. The lowest BCUT2D eigenvalue weighted by molar-refractivity contribution is -0.143. The largest absolute Gasteiger partial charge is 0.481 e. The van der Waals surface area contributed by atoms with Crippen LogP contribution in [-0.2, 0) is 11.2 Å². The van der Waals surface area contributed by atoms with E-state index in [1.54, 1.807) is 4.90 Å². The molecule has 114 valence electrons. The highest BCUT2D eigenvalue weighted by Crippen LogP contribution is 2.20. The first kappa shape index (κ1) is 15.5. The average Bonchev–Trinajstić information content (AvgIpc) is 2.52. The van der Waals surface area contributed by atoms with Crippen LogP contribution in [0.25, 0.3) is 0 Å². The van der Waals surface area contributed by atoms with Crippen LogP contribution in [0.1, 0.15) is 28.8 Å². The van der Waals surface area contributed by atoms with E-state index in [4.69, 9.17) is 5.11 Å². The third kappa shape index (κ3) is 3.82. The molecule has 0 aliphatic carbocycles. The molecule has 1 aliphatic rings. The summed E-state index contributed by atoms with van der Waals surface area (Å²) < 4.78 is 0. The SMILES string of the molecule is CNCCc1ccccc1C(=O)N1CCC[C@@H](C(=O)O)C1. The molecule has 1 saturated heterocycles. The maximum atomic E-state index is 12.7. The molecule has 2 rings (SSSR count). The van der Waals surface area contributed by atoms with Crippen LogP contribution in [0.15, 0.2) is 24.3 Å². The Bertz CT molecular complexity index is 516. The van der Waals surface area contributed by atoms with E-state index in [9.17, 15) is 9.59 Å². The van der Waals surface area contributed by atoms with Crippen LogP contribution < -0.4 is 5.32 Å². The Morgan fingerprint density at radius 1 is 1.38 bits per heavy atom. The smallest absolute Gasteiger partial charge is 0.308 e. The predicted octanol–water partition coefficient (Wildman–Crippen LogP) is 1.39. The van der Waals surface area contributed by atoms with Crippen molar-refractivity contribution in [2.75, 3.05) is 26.7 Å². The van der Waals surface area contributed by atoms with E-state index < -0.39 is 11.9 Å². The molecule has 21 heavy (non-hydrogen) atoms. The van der Waals surface area contributed by atoms with E-state index in [0.717, 1.165) is 24.9 Å². The number of piperidine rings is 1. The number of likely N-dealkylation sites (N-methyl/N-ethyl adjacent to an activating group) is 1. The molecular formula is C16H22N2O3. The van der Waals surface area contributed by atoms with Crippen LogP contribution in [0, 0.1) is 5.92 Å². The van der Waals surface area contributed by atoms with Gasteiger partial charge < -0.3 is 15.3 Å². The average molecular weight is 290 g/mol. The number of nitrogens with one attached hydrogen (secondary N) is 1. The number of aliphatic carboxylic acids is 1. The molecule has 5 heteroatoms. The Kier molecular flexibility index (Phi) is 5.33. The number of likely N-dealkylation sites (tertiary alicyclic amines) is 1. The van der Waals surface area contributed by atoms with E-state index >= 15 is 0 Å². The third-order valence-corrected chi connectivity index (χ3v) is 3.95.